The molecule has 0 fully saturated rings. The summed E-state index contributed by atoms with van der Waals surface area (Å²) in [5.41, 5.74) is 2.29. The number of nitrogens with one attached hydrogen (secondary N) is 2. The third kappa shape index (κ3) is 2.74. The molecule has 0 aliphatic heterocycles. The molecule has 1 aromatic carbocycles. The van der Waals surface area contributed by atoms with E-state index in [1.54, 1.807) is 18.6 Å². The number of aromatic amines is 1. The van der Waals surface area contributed by atoms with Gasteiger partial charge in [0.05, 0.1) is 11.9 Å². The molecule has 0 saturated carbocycles. The Morgan fingerprint density at radius 3 is 2.57 bits per heavy atom. The van der Waals surface area contributed by atoms with Crippen LogP contribution in [0.1, 0.15) is 5.56 Å². The van der Waals surface area contributed by atoms with E-state index in [4.69, 9.17) is 0 Å². The Kier molecular flexibility index (Phi) is 3.59. The lowest BCUT2D eigenvalue weighted by Crippen LogP contribution is -2.04. The number of H-pyrrole nitrogens is 1. The molecule has 0 bridgehead atoms. The van der Waals surface area contributed by atoms with Crippen molar-refractivity contribution in [1.82, 2.24) is 15.2 Å². The number of pyridine rings is 1. The molecule has 0 radical (unpaired) electrons. The van der Waals surface area contributed by atoms with Crippen LogP contribution in [0.25, 0.3) is 11.3 Å². The van der Waals surface area contributed by atoms with Gasteiger partial charge in [-0.3, -0.25) is 10.1 Å². The minimum absolute atomic E-state index is 0.143. The maximum Gasteiger partial charge on any atom is 0.149 e. The fraction of sp³-hybridized carbons (Fsp3) is 0.0667. The molecule has 0 spiro atoms. The van der Waals surface area contributed by atoms with Gasteiger partial charge in [0.1, 0.15) is 17.3 Å². The van der Waals surface area contributed by atoms with Crippen LogP contribution >= 0.6 is 0 Å². The number of aromatic nitrogens is 3. The second-order valence-electron chi connectivity index (χ2n) is 4.46. The van der Waals surface area contributed by atoms with Gasteiger partial charge in [0.2, 0.25) is 0 Å². The van der Waals surface area contributed by atoms with E-state index in [0.717, 1.165) is 16.8 Å². The Hall–Kier alpha value is -2.76. The largest absolute Gasteiger partial charge is 0.376 e. The molecule has 0 atom stereocenters. The summed E-state index contributed by atoms with van der Waals surface area (Å²) in [6.45, 7) is 0.249. The number of rotatable bonds is 4. The molecule has 0 unspecified atom stereocenters. The molecule has 3 aromatic rings. The monoisotopic (exact) mass is 286 g/mol. The van der Waals surface area contributed by atoms with Gasteiger partial charge in [-0.1, -0.05) is 6.07 Å². The molecule has 21 heavy (non-hydrogen) atoms. The highest BCUT2D eigenvalue weighted by Crippen LogP contribution is 2.23. The van der Waals surface area contributed by atoms with Crippen molar-refractivity contribution in [2.45, 2.75) is 6.54 Å². The number of hydrogen-bond acceptors (Lipinski definition) is 3. The van der Waals surface area contributed by atoms with Crippen molar-refractivity contribution in [1.29, 1.82) is 0 Å². The number of nitrogens with zero attached hydrogens (tertiary/aromatic N) is 2. The van der Waals surface area contributed by atoms with E-state index in [2.05, 4.69) is 20.5 Å². The fourth-order valence-electron chi connectivity index (χ4n) is 2.06. The van der Waals surface area contributed by atoms with Crippen LogP contribution in [0.4, 0.5) is 14.5 Å². The number of hydrogen-bond donors (Lipinski definition) is 2. The van der Waals surface area contributed by atoms with Gasteiger partial charge in [0.15, 0.2) is 0 Å². The third-order valence-electron chi connectivity index (χ3n) is 3.09. The van der Waals surface area contributed by atoms with E-state index >= 15 is 0 Å². The summed E-state index contributed by atoms with van der Waals surface area (Å²) in [5.74, 6) is -1.25. The van der Waals surface area contributed by atoms with E-state index in [-0.39, 0.29) is 12.2 Å². The Morgan fingerprint density at radius 1 is 1.05 bits per heavy atom. The highest BCUT2D eigenvalue weighted by atomic mass is 19.1. The van der Waals surface area contributed by atoms with Crippen molar-refractivity contribution in [3.8, 4) is 11.3 Å². The minimum atomic E-state index is -0.624. The van der Waals surface area contributed by atoms with Crippen LogP contribution in [0.3, 0.4) is 0 Å². The first kappa shape index (κ1) is 13.2. The van der Waals surface area contributed by atoms with Crippen molar-refractivity contribution in [3.63, 3.8) is 0 Å². The lowest BCUT2D eigenvalue weighted by molar-refractivity contribution is 0.588. The molecule has 2 heterocycles. The molecule has 0 aliphatic carbocycles. The first-order chi connectivity index (χ1) is 10.3. The van der Waals surface area contributed by atoms with Gasteiger partial charge in [-0.05, 0) is 24.3 Å². The highest BCUT2D eigenvalue weighted by molar-refractivity contribution is 5.62. The second-order valence-corrected chi connectivity index (χ2v) is 4.46. The van der Waals surface area contributed by atoms with E-state index in [1.165, 1.54) is 18.2 Å². The van der Waals surface area contributed by atoms with E-state index < -0.39 is 11.6 Å². The minimum Gasteiger partial charge on any atom is -0.376 e. The topological polar surface area (TPSA) is 53.6 Å². The van der Waals surface area contributed by atoms with Crippen molar-refractivity contribution < 1.29 is 8.78 Å². The van der Waals surface area contributed by atoms with Crippen LogP contribution in [0.5, 0.6) is 0 Å². The Bertz CT molecular complexity index is 720. The summed E-state index contributed by atoms with van der Waals surface area (Å²) in [7, 11) is 0. The van der Waals surface area contributed by atoms with Crippen LogP contribution in [-0.2, 0) is 6.54 Å². The molecule has 2 aromatic heterocycles. The molecule has 2 N–H and O–H groups in total. The van der Waals surface area contributed by atoms with Gasteiger partial charge >= 0.3 is 0 Å². The Morgan fingerprint density at radius 2 is 1.86 bits per heavy atom. The van der Waals surface area contributed by atoms with E-state index in [9.17, 15) is 8.78 Å². The zero-order valence-electron chi connectivity index (χ0n) is 11.0. The Labute approximate surface area is 119 Å². The van der Waals surface area contributed by atoms with Crippen molar-refractivity contribution in [2.75, 3.05) is 5.32 Å². The predicted molar refractivity (Wildman–Crippen MR) is 75.5 cm³/mol. The molecular formula is C15H12F2N4. The van der Waals surface area contributed by atoms with Crippen LogP contribution in [0.15, 0.2) is 48.9 Å². The molecule has 0 amide bonds. The summed E-state index contributed by atoms with van der Waals surface area (Å²) in [4.78, 5) is 4.04. The quantitative estimate of drug-likeness (QED) is 0.773. The maximum atomic E-state index is 13.6. The smallest absolute Gasteiger partial charge is 0.149 e. The summed E-state index contributed by atoms with van der Waals surface area (Å²) < 4.78 is 27.1. The molecule has 6 heteroatoms. The zero-order valence-corrected chi connectivity index (χ0v) is 11.0. The lowest BCUT2D eigenvalue weighted by Gasteiger charge is -2.09. The molecule has 0 aliphatic rings. The second kappa shape index (κ2) is 5.70. The molecule has 0 saturated heterocycles. The standard InChI is InChI=1S/C15H12F2N4/c16-12-4-1-5-13(17)15(12)19-8-11-9-20-21-14(11)10-3-2-6-18-7-10/h1-7,9,19H,8H2,(H,20,21). The molecular weight excluding hydrogens is 274 g/mol. The summed E-state index contributed by atoms with van der Waals surface area (Å²) in [5, 5.41) is 9.61. The molecule has 106 valence electrons. The average molecular weight is 286 g/mol. The SMILES string of the molecule is Fc1cccc(F)c1NCc1cn[nH]c1-c1cccnc1. The maximum absolute atomic E-state index is 13.6. The number of benzene rings is 1. The third-order valence-corrected chi connectivity index (χ3v) is 3.09. The first-order valence-corrected chi connectivity index (χ1v) is 6.36. The van der Waals surface area contributed by atoms with E-state index in [0.29, 0.717) is 0 Å². The van der Waals surface area contributed by atoms with E-state index in [1.807, 2.05) is 12.1 Å². The molecule has 4 nitrogen and oxygen atoms in total. The van der Waals surface area contributed by atoms with Crippen molar-refractivity contribution in [3.05, 3.63) is 66.1 Å². The summed E-state index contributed by atoms with van der Waals surface area (Å²) in [6.07, 6.45) is 4.99. The summed E-state index contributed by atoms with van der Waals surface area (Å²) >= 11 is 0. The highest BCUT2D eigenvalue weighted by Gasteiger charge is 2.11. The first-order valence-electron chi connectivity index (χ1n) is 6.36. The predicted octanol–water partition coefficient (Wildman–Crippen LogP) is 3.36. The van der Waals surface area contributed by atoms with Gasteiger partial charge in [0.25, 0.3) is 0 Å². The lowest BCUT2D eigenvalue weighted by atomic mass is 10.1. The van der Waals surface area contributed by atoms with Gasteiger partial charge in [-0.15, -0.1) is 0 Å². The van der Waals surface area contributed by atoms with Crippen LogP contribution in [-0.4, -0.2) is 15.2 Å². The molecule has 3 rings (SSSR count). The number of para-hydroxylation sites is 1. The van der Waals surface area contributed by atoms with Gasteiger partial charge < -0.3 is 5.32 Å². The fourth-order valence-corrected chi connectivity index (χ4v) is 2.06. The number of anilines is 1. The summed E-state index contributed by atoms with van der Waals surface area (Å²) in [6, 6.07) is 7.44. The van der Waals surface area contributed by atoms with Crippen molar-refractivity contribution in [2.24, 2.45) is 0 Å². The Balaban J connectivity index is 1.83. The van der Waals surface area contributed by atoms with Gasteiger partial charge in [0, 0.05) is 30.1 Å². The number of halogens is 2. The normalized spacial score (nSPS) is 10.6. The average Bonchev–Trinajstić information content (AvgIpc) is 2.96. The van der Waals surface area contributed by atoms with Gasteiger partial charge in [-0.25, -0.2) is 8.78 Å². The van der Waals surface area contributed by atoms with Crippen LogP contribution in [0.2, 0.25) is 0 Å². The zero-order chi connectivity index (χ0) is 14.7. The van der Waals surface area contributed by atoms with Crippen molar-refractivity contribution >= 4 is 5.69 Å². The van der Waals surface area contributed by atoms with Gasteiger partial charge in [-0.2, -0.15) is 5.10 Å². The van der Waals surface area contributed by atoms with Crippen LogP contribution < -0.4 is 5.32 Å². The van der Waals surface area contributed by atoms with Crippen LogP contribution in [0, 0.1) is 11.6 Å².